The van der Waals surface area contributed by atoms with Crippen molar-refractivity contribution in [1.29, 1.82) is 0 Å². The van der Waals surface area contributed by atoms with Crippen molar-refractivity contribution in [3.63, 3.8) is 0 Å². The molecule has 2 aromatic carbocycles. The molecule has 0 atom stereocenters. The van der Waals surface area contributed by atoms with Crippen molar-refractivity contribution in [2.45, 2.75) is 19.3 Å². The van der Waals surface area contributed by atoms with E-state index in [-0.39, 0.29) is 18.4 Å². The number of anilines is 2. The first-order chi connectivity index (χ1) is 14.1. The van der Waals surface area contributed by atoms with Crippen LogP contribution in [-0.4, -0.2) is 49.5 Å². The first-order valence-electron chi connectivity index (χ1n) is 9.97. The molecule has 0 spiro atoms. The Kier molecular flexibility index (Phi) is 6.16. The predicted molar refractivity (Wildman–Crippen MR) is 117 cm³/mol. The number of amides is 2. The van der Waals surface area contributed by atoms with Crippen molar-refractivity contribution in [1.82, 2.24) is 4.90 Å². The van der Waals surface area contributed by atoms with Gasteiger partial charge in [0.25, 0.3) is 11.8 Å². The number of fused-ring (bicyclic) bond motifs is 1. The molecule has 1 N–H and O–H groups in total. The zero-order chi connectivity index (χ0) is 20.2. The van der Waals surface area contributed by atoms with Crippen molar-refractivity contribution in [3.8, 4) is 5.75 Å². The third kappa shape index (κ3) is 4.79. The highest BCUT2D eigenvalue weighted by Gasteiger charge is 2.26. The Labute approximate surface area is 178 Å². The Hall–Kier alpha value is -2.38. The molecule has 2 aliphatic rings. The fourth-order valence-electron chi connectivity index (χ4n) is 3.78. The maximum atomic E-state index is 12.6. The van der Waals surface area contributed by atoms with Crippen molar-refractivity contribution in [3.05, 3.63) is 52.5 Å². The molecule has 152 valence electrons. The number of nitrogens with one attached hydrogen (secondary N) is 1. The van der Waals surface area contributed by atoms with Gasteiger partial charge in [-0.15, -0.1) is 0 Å². The van der Waals surface area contributed by atoms with E-state index in [4.69, 9.17) is 4.74 Å². The van der Waals surface area contributed by atoms with Crippen LogP contribution < -0.4 is 15.0 Å². The first-order valence-corrected chi connectivity index (χ1v) is 10.8. The van der Waals surface area contributed by atoms with E-state index in [9.17, 15) is 9.59 Å². The van der Waals surface area contributed by atoms with E-state index in [1.54, 1.807) is 23.1 Å². The molecule has 2 aliphatic heterocycles. The number of benzene rings is 2. The Bertz CT molecular complexity index is 912. The van der Waals surface area contributed by atoms with Crippen LogP contribution in [0.2, 0.25) is 0 Å². The van der Waals surface area contributed by atoms with E-state index in [0.717, 1.165) is 24.1 Å². The van der Waals surface area contributed by atoms with Gasteiger partial charge in [-0.25, -0.2) is 0 Å². The summed E-state index contributed by atoms with van der Waals surface area (Å²) in [5.41, 5.74) is 1.91. The number of carbonyl (C=O) groups is 2. The second kappa shape index (κ2) is 8.97. The maximum absolute atomic E-state index is 12.6. The summed E-state index contributed by atoms with van der Waals surface area (Å²) in [6.07, 6.45) is 3.73. The van der Waals surface area contributed by atoms with E-state index in [1.807, 2.05) is 24.3 Å². The van der Waals surface area contributed by atoms with Crippen molar-refractivity contribution >= 4 is 39.1 Å². The van der Waals surface area contributed by atoms with Crippen LogP contribution in [0.5, 0.6) is 5.75 Å². The molecule has 4 rings (SSSR count). The summed E-state index contributed by atoms with van der Waals surface area (Å²) in [6, 6.07) is 12.7. The molecule has 7 heteroatoms. The van der Waals surface area contributed by atoms with Gasteiger partial charge in [-0.1, -0.05) is 28.4 Å². The summed E-state index contributed by atoms with van der Waals surface area (Å²) < 4.78 is 6.44. The molecule has 2 aromatic rings. The lowest BCUT2D eigenvalue weighted by molar-refractivity contribution is -0.121. The summed E-state index contributed by atoms with van der Waals surface area (Å²) in [7, 11) is 0. The van der Waals surface area contributed by atoms with Gasteiger partial charge >= 0.3 is 0 Å². The predicted octanol–water partition coefficient (Wildman–Crippen LogP) is 3.91. The molecule has 1 saturated heterocycles. The molecule has 0 aromatic heterocycles. The molecule has 0 aliphatic carbocycles. The molecular weight excluding hydrogens is 434 g/mol. The average Bonchev–Trinajstić information content (AvgIpc) is 2.74. The second-order valence-corrected chi connectivity index (χ2v) is 8.30. The Balaban J connectivity index is 1.50. The van der Waals surface area contributed by atoms with E-state index in [0.29, 0.717) is 29.2 Å². The number of ether oxygens (including phenoxy) is 1. The molecular formula is C22H24BrN3O3. The van der Waals surface area contributed by atoms with Gasteiger partial charge in [0.15, 0.2) is 6.61 Å². The maximum Gasteiger partial charge on any atom is 0.265 e. The minimum absolute atomic E-state index is 0.0509. The molecule has 2 amide bonds. The highest BCUT2D eigenvalue weighted by Crippen LogP contribution is 2.34. The normalized spacial score (nSPS) is 16.9. The molecule has 0 bridgehead atoms. The van der Waals surface area contributed by atoms with Gasteiger partial charge in [-0.2, -0.15) is 0 Å². The number of likely N-dealkylation sites (tertiary alicyclic amines) is 1. The average molecular weight is 458 g/mol. The Morgan fingerprint density at radius 2 is 1.90 bits per heavy atom. The molecule has 2 heterocycles. The summed E-state index contributed by atoms with van der Waals surface area (Å²) in [5, 5.41) is 2.91. The topological polar surface area (TPSA) is 61.9 Å². The lowest BCUT2D eigenvalue weighted by atomic mass is 10.1. The fourth-order valence-corrected chi connectivity index (χ4v) is 4.18. The smallest absolute Gasteiger partial charge is 0.265 e. The van der Waals surface area contributed by atoms with Gasteiger partial charge < -0.3 is 19.9 Å². The third-order valence-corrected chi connectivity index (χ3v) is 5.83. The van der Waals surface area contributed by atoms with Crippen LogP contribution in [-0.2, 0) is 4.79 Å². The number of halogens is 1. The number of hydrogen-bond acceptors (Lipinski definition) is 4. The highest BCUT2D eigenvalue weighted by molar-refractivity contribution is 9.10. The van der Waals surface area contributed by atoms with Crippen molar-refractivity contribution in [2.75, 3.05) is 43.0 Å². The van der Waals surface area contributed by atoms with Gasteiger partial charge in [0, 0.05) is 28.8 Å². The summed E-state index contributed by atoms with van der Waals surface area (Å²) in [6.45, 7) is 3.71. The van der Waals surface area contributed by atoms with Crippen LogP contribution >= 0.6 is 15.9 Å². The van der Waals surface area contributed by atoms with Gasteiger partial charge in [0.1, 0.15) is 5.75 Å². The number of carbonyl (C=O) groups excluding carboxylic acids is 2. The number of nitrogens with zero attached hydrogens (tertiary/aromatic N) is 2. The molecule has 6 nitrogen and oxygen atoms in total. The van der Waals surface area contributed by atoms with Crippen molar-refractivity contribution < 1.29 is 14.3 Å². The van der Waals surface area contributed by atoms with Gasteiger partial charge in [-0.05, 0) is 62.3 Å². The number of rotatable bonds is 5. The van der Waals surface area contributed by atoms with E-state index < -0.39 is 0 Å². The fraction of sp³-hybridized carbons (Fsp3) is 0.364. The van der Waals surface area contributed by atoms with Crippen LogP contribution in [0.15, 0.2) is 46.9 Å². The Morgan fingerprint density at radius 3 is 2.69 bits per heavy atom. The molecule has 0 radical (unpaired) electrons. The minimum Gasteiger partial charge on any atom is -0.482 e. The minimum atomic E-state index is -0.200. The number of hydrogen-bond donors (Lipinski definition) is 1. The highest BCUT2D eigenvalue weighted by atomic mass is 79.9. The monoisotopic (exact) mass is 457 g/mol. The van der Waals surface area contributed by atoms with Crippen molar-refractivity contribution in [2.24, 2.45) is 0 Å². The zero-order valence-corrected chi connectivity index (χ0v) is 17.8. The summed E-state index contributed by atoms with van der Waals surface area (Å²) >= 11 is 3.38. The standard InChI is InChI=1S/C22H24BrN3O3/c23-17-6-4-5-16(13-17)22(28)24-18-7-8-20-19(14-18)26(21(27)15-29-20)12-11-25-9-2-1-3-10-25/h4-8,13-14H,1-3,9-12,15H2,(H,24,28). The zero-order valence-electron chi connectivity index (χ0n) is 16.2. The summed E-state index contributed by atoms with van der Waals surface area (Å²) in [5.74, 6) is 0.419. The lowest BCUT2D eigenvalue weighted by Gasteiger charge is -2.33. The Morgan fingerprint density at radius 1 is 1.07 bits per heavy atom. The lowest BCUT2D eigenvalue weighted by Crippen LogP contribution is -2.44. The number of piperidine rings is 1. The van der Waals surface area contributed by atoms with Gasteiger partial charge in [0.05, 0.1) is 5.69 Å². The van der Waals surface area contributed by atoms with Crippen LogP contribution in [0, 0.1) is 0 Å². The van der Waals surface area contributed by atoms with Crippen LogP contribution in [0.25, 0.3) is 0 Å². The SMILES string of the molecule is O=C(Nc1ccc2c(c1)N(CCN1CCCCC1)C(=O)CO2)c1cccc(Br)c1. The second-order valence-electron chi connectivity index (χ2n) is 7.38. The van der Waals surface area contributed by atoms with E-state index >= 15 is 0 Å². The molecule has 0 saturated carbocycles. The third-order valence-electron chi connectivity index (χ3n) is 5.34. The quantitative estimate of drug-likeness (QED) is 0.738. The van der Waals surface area contributed by atoms with E-state index in [1.165, 1.54) is 19.3 Å². The molecule has 1 fully saturated rings. The van der Waals surface area contributed by atoms with Gasteiger partial charge in [0.2, 0.25) is 0 Å². The van der Waals surface area contributed by atoms with Crippen LogP contribution in [0.1, 0.15) is 29.6 Å². The van der Waals surface area contributed by atoms with Gasteiger partial charge in [-0.3, -0.25) is 9.59 Å². The molecule has 0 unspecified atom stereocenters. The van der Waals surface area contributed by atoms with Crippen LogP contribution in [0.3, 0.4) is 0 Å². The van der Waals surface area contributed by atoms with E-state index in [2.05, 4.69) is 26.1 Å². The first kappa shape index (κ1) is 19.9. The largest absolute Gasteiger partial charge is 0.482 e. The van der Waals surface area contributed by atoms with Crippen LogP contribution in [0.4, 0.5) is 11.4 Å². The summed E-state index contributed by atoms with van der Waals surface area (Å²) in [4.78, 5) is 29.3. The molecule has 29 heavy (non-hydrogen) atoms.